The summed E-state index contributed by atoms with van der Waals surface area (Å²) >= 11 is 0. The van der Waals surface area contributed by atoms with E-state index in [9.17, 15) is 5.11 Å². The molecule has 1 nitrogen and oxygen atoms in total. The van der Waals surface area contributed by atoms with Crippen molar-refractivity contribution in [2.24, 2.45) is 11.3 Å². The van der Waals surface area contributed by atoms with E-state index >= 15 is 0 Å². The predicted molar refractivity (Wildman–Crippen MR) is 54.5 cm³/mol. The second-order valence-corrected chi connectivity index (χ2v) is 5.41. The van der Waals surface area contributed by atoms with Gasteiger partial charge in [-0.3, -0.25) is 0 Å². The minimum Gasteiger partial charge on any atom is -0.393 e. The maximum Gasteiger partial charge on any atom is 0.0596 e. The largest absolute Gasteiger partial charge is 0.393 e. The molecule has 2 aliphatic rings. The Labute approximate surface area is 81.5 Å². The van der Waals surface area contributed by atoms with Gasteiger partial charge in [0.25, 0.3) is 0 Å². The summed E-state index contributed by atoms with van der Waals surface area (Å²) in [5.41, 5.74) is 0.273. The fourth-order valence-corrected chi connectivity index (χ4v) is 2.84. The molecule has 0 aromatic heterocycles. The molecule has 0 bridgehead atoms. The molecule has 0 aliphatic heterocycles. The molecule has 13 heavy (non-hydrogen) atoms. The van der Waals surface area contributed by atoms with E-state index in [0.29, 0.717) is 0 Å². The van der Waals surface area contributed by atoms with Crippen LogP contribution >= 0.6 is 0 Å². The molecule has 0 saturated heterocycles. The zero-order valence-corrected chi connectivity index (χ0v) is 8.76. The average molecular weight is 182 g/mol. The van der Waals surface area contributed by atoms with Crippen LogP contribution in [0.15, 0.2) is 0 Å². The van der Waals surface area contributed by atoms with Gasteiger partial charge in [0.05, 0.1) is 6.10 Å². The molecule has 1 heteroatoms. The highest BCUT2D eigenvalue weighted by molar-refractivity contribution is 4.89. The van der Waals surface area contributed by atoms with Crippen molar-refractivity contribution in [3.05, 3.63) is 0 Å². The van der Waals surface area contributed by atoms with Gasteiger partial charge in [-0.1, -0.05) is 39.0 Å². The minimum absolute atomic E-state index is 0.0136. The van der Waals surface area contributed by atoms with Crippen LogP contribution in [0.2, 0.25) is 0 Å². The maximum atomic E-state index is 10.1. The summed E-state index contributed by atoms with van der Waals surface area (Å²) in [6.07, 6.45) is 10.4. The highest BCUT2D eigenvalue weighted by Crippen LogP contribution is 2.44. The number of hydrogen-bond donors (Lipinski definition) is 1. The third-order valence-electron chi connectivity index (χ3n) is 4.33. The van der Waals surface area contributed by atoms with Gasteiger partial charge in [0.1, 0.15) is 0 Å². The molecule has 1 unspecified atom stereocenters. The van der Waals surface area contributed by atoms with Gasteiger partial charge >= 0.3 is 0 Å². The number of hydrogen-bond acceptors (Lipinski definition) is 1. The molecule has 2 rings (SSSR count). The molecule has 1 atom stereocenters. The van der Waals surface area contributed by atoms with Crippen molar-refractivity contribution in [1.82, 2.24) is 0 Å². The quantitative estimate of drug-likeness (QED) is 0.711. The van der Waals surface area contributed by atoms with Crippen LogP contribution in [0.4, 0.5) is 0 Å². The Kier molecular flexibility index (Phi) is 2.64. The lowest BCUT2D eigenvalue weighted by atomic mass is 9.73. The first kappa shape index (κ1) is 9.51. The zero-order chi connectivity index (χ0) is 9.31. The summed E-state index contributed by atoms with van der Waals surface area (Å²) in [7, 11) is 0. The van der Waals surface area contributed by atoms with E-state index in [1.54, 1.807) is 0 Å². The SMILES string of the molecule is CC1(C(O)CC2CCC2)CCCC1. The molecule has 76 valence electrons. The normalized spacial score (nSPS) is 30.0. The van der Waals surface area contributed by atoms with Crippen molar-refractivity contribution in [1.29, 1.82) is 0 Å². The third kappa shape index (κ3) is 1.90. The second-order valence-electron chi connectivity index (χ2n) is 5.41. The van der Waals surface area contributed by atoms with Crippen LogP contribution in [0.5, 0.6) is 0 Å². The molecule has 0 amide bonds. The Morgan fingerprint density at radius 1 is 1.23 bits per heavy atom. The summed E-state index contributed by atoms with van der Waals surface area (Å²) in [6, 6.07) is 0. The lowest BCUT2D eigenvalue weighted by molar-refractivity contribution is 0.0117. The topological polar surface area (TPSA) is 20.2 Å². The number of aliphatic hydroxyl groups excluding tert-OH is 1. The standard InChI is InChI=1S/C12H22O/c1-12(7-2-3-8-12)11(13)9-10-5-4-6-10/h10-11,13H,2-9H2,1H3. The van der Waals surface area contributed by atoms with Crippen molar-refractivity contribution in [2.75, 3.05) is 0 Å². The van der Waals surface area contributed by atoms with E-state index in [2.05, 4.69) is 6.92 Å². The van der Waals surface area contributed by atoms with Gasteiger partial charge in [-0.05, 0) is 30.6 Å². The summed E-state index contributed by atoms with van der Waals surface area (Å²) in [6.45, 7) is 2.28. The highest BCUT2D eigenvalue weighted by atomic mass is 16.3. The van der Waals surface area contributed by atoms with Crippen molar-refractivity contribution < 1.29 is 5.11 Å². The van der Waals surface area contributed by atoms with E-state index in [1.807, 2.05) is 0 Å². The van der Waals surface area contributed by atoms with Gasteiger partial charge < -0.3 is 5.11 Å². The first-order valence-electron chi connectivity index (χ1n) is 5.89. The van der Waals surface area contributed by atoms with Gasteiger partial charge in [-0.2, -0.15) is 0 Å². The first-order valence-corrected chi connectivity index (χ1v) is 5.89. The zero-order valence-electron chi connectivity index (χ0n) is 8.76. The van der Waals surface area contributed by atoms with Crippen LogP contribution in [0.25, 0.3) is 0 Å². The first-order chi connectivity index (χ1) is 6.21. The van der Waals surface area contributed by atoms with Crippen molar-refractivity contribution in [3.63, 3.8) is 0 Å². The summed E-state index contributed by atoms with van der Waals surface area (Å²) in [5, 5.41) is 10.1. The Hall–Kier alpha value is -0.0400. The van der Waals surface area contributed by atoms with E-state index in [0.717, 1.165) is 12.3 Å². The van der Waals surface area contributed by atoms with Gasteiger partial charge in [0.2, 0.25) is 0 Å². The van der Waals surface area contributed by atoms with Gasteiger partial charge in [0.15, 0.2) is 0 Å². The maximum absolute atomic E-state index is 10.1. The summed E-state index contributed by atoms with van der Waals surface area (Å²) < 4.78 is 0. The van der Waals surface area contributed by atoms with Gasteiger partial charge in [-0.15, -0.1) is 0 Å². The predicted octanol–water partition coefficient (Wildman–Crippen LogP) is 3.12. The summed E-state index contributed by atoms with van der Waals surface area (Å²) in [5.74, 6) is 0.854. The average Bonchev–Trinajstić information content (AvgIpc) is 2.45. The molecule has 0 heterocycles. The van der Waals surface area contributed by atoms with Crippen molar-refractivity contribution in [2.45, 2.75) is 64.4 Å². The fraction of sp³-hybridized carbons (Fsp3) is 1.00. The number of aliphatic hydroxyl groups is 1. The van der Waals surface area contributed by atoms with E-state index in [-0.39, 0.29) is 11.5 Å². The van der Waals surface area contributed by atoms with Crippen LogP contribution in [-0.2, 0) is 0 Å². The molecule has 2 aliphatic carbocycles. The molecule has 1 N–H and O–H groups in total. The molecule has 0 aromatic rings. The number of rotatable bonds is 3. The fourth-order valence-electron chi connectivity index (χ4n) is 2.84. The molecule has 0 aromatic carbocycles. The smallest absolute Gasteiger partial charge is 0.0596 e. The Balaban J connectivity index is 1.83. The monoisotopic (exact) mass is 182 g/mol. The van der Waals surface area contributed by atoms with Crippen LogP contribution in [-0.4, -0.2) is 11.2 Å². The van der Waals surface area contributed by atoms with Crippen molar-refractivity contribution >= 4 is 0 Å². The second kappa shape index (κ2) is 3.61. The molecule has 2 saturated carbocycles. The van der Waals surface area contributed by atoms with Gasteiger partial charge in [-0.25, -0.2) is 0 Å². The molecule has 0 radical (unpaired) electrons. The van der Waals surface area contributed by atoms with Crippen LogP contribution in [0, 0.1) is 11.3 Å². The molecule has 0 spiro atoms. The van der Waals surface area contributed by atoms with Crippen LogP contribution < -0.4 is 0 Å². The summed E-state index contributed by atoms with van der Waals surface area (Å²) in [4.78, 5) is 0. The third-order valence-corrected chi connectivity index (χ3v) is 4.33. The molecule has 2 fully saturated rings. The lowest BCUT2D eigenvalue weighted by Gasteiger charge is -2.35. The van der Waals surface area contributed by atoms with Crippen LogP contribution in [0.3, 0.4) is 0 Å². The van der Waals surface area contributed by atoms with E-state index in [1.165, 1.54) is 44.9 Å². The molecular weight excluding hydrogens is 160 g/mol. The lowest BCUT2D eigenvalue weighted by Crippen LogP contribution is -2.32. The Morgan fingerprint density at radius 2 is 1.85 bits per heavy atom. The minimum atomic E-state index is -0.0136. The highest BCUT2D eigenvalue weighted by Gasteiger charge is 2.37. The Bertz CT molecular complexity index is 166. The Morgan fingerprint density at radius 3 is 2.31 bits per heavy atom. The van der Waals surface area contributed by atoms with E-state index in [4.69, 9.17) is 0 Å². The van der Waals surface area contributed by atoms with Crippen LogP contribution in [0.1, 0.15) is 58.3 Å². The van der Waals surface area contributed by atoms with Gasteiger partial charge in [0, 0.05) is 0 Å². The van der Waals surface area contributed by atoms with Crippen molar-refractivity contribution in [3.8, 4) is 0 Å². The molecular formula is C12H22O. The van der Waals surface area contributed by atoms with E-state index < -0.39 is 0 Å².